The highest BCUT2D eigenvalue weighted by Crippen LogP contribution is 2.53. The highest BCUT2D eigenvalue weighted by atomic mass is 15.0. The van der Waals surface area contributed by atoms with Crippen molar-refractivity contribution in [2.45, 2.75) is 25.7 Å². The quantitative estimate of drug-likeness (QED) is 0.167. The largest absolute Gasteiger partial charge is 0.309 e. The van der Waals surface area contributed by atoms with Gasteiger partial charge in [0.2, 0.25) is 0 Å². The number of para-hydroxylation sites is 2. The number of nitrogens with zero attached hydrogens (tertiary/aromatic N) is 3. The fourth-order valence-electron chi connectivity index (χ4n) is 10.5. The van der Waals surface area contributed by atoms with Gasteiger partial charge in [0.1, 0.15) is 0 Å². The molecule has 11 aromatic rings. The van der Waals surface area contributed by atoms with Crippen molar-refractivity contribution in [3.05, 3.63) is 217 Å². The first kappa shape index (κ1) is 36.1. The first-order chi connectivity index (χ1) is 30.5. The fourth-order valence-corrected chi connectivity index (χ4v) is 10.5. The van der Waals surface area contributed by atoms with Crippen LogP contribution < -0.4 is 0 Å². The fraction of sp³-hybridized carbons (Fsp3) is 0.0690. The molecule has 4 nitrogen and oxygen atoms in total. The topological polar surface area (TPSA) is 46.6 Å². The van der Waals surface area contributed by atoms with Gasteiger partial charge in [0.05, 0.1) is 33.5 Å². The number of rotatable bonds is 6. The second-order valence-electron chi connectivity index (χ2n) is 16.8. The maximum absolute atomic E-state index is 9.37. The van der Waals surface area contributed by atoms with Gasteiger partial charge < -0.3 is 9.13 Å². The van der Waals surface area contributed by atoms with Crippen molar-refractivity contribution < 1.29 is 0 Å². The Balaban J connectivity index is 1.12. The molecule has 0 bridgehead atoms. The molecule has 62 heavy (non-hydrogen) atoms. The SMILES string of the molecule is C=Cc1ccccc1C(=N)c1ccc2c(c1)c1ccc3c(c1n2-c1ccccc1)C(C)C(C)c1cc2c4cc(-c5nccc6ccccc56)ccc4n(-c4ccccc4)c2cc1-3. The van der Waals surface area contributed by atoms with Crippen molar-refractivity contribution in [1.29, 1.82) is 5.41 Å². The summed E-state index contributed by atoms with van der Waals surface area (Å²) in [5.41, 5.74) is 17.6. The predicted molar refractivity (Wildman–Crippen MR) is 261 cm³/mol. The lowest BCUT2D eigenvalue weighted by molar-refractivity contribution is 0.619. The minimum absolute atomic E-state index is 0.223. The molecule has 0 spiro atoms. The number of nitrogens with one attached hydrogen (secondary N) is 1. The van der Waals surface area contributed by atoms with Crippen LogP contribution in [0.2, 0.25) is 0 Å². The lowest BCUT2D eigenvalue weighted by Crippen LogP contribution is -2.15. The van der Waals surface area contributed by atoms with E-state index in [-0.39, 0.29) is 11.8 Å². The van der Waals surface area contributed by atoms with Crippen molar-refractivity contribution in [2.24, 2.45) is 0 Å². The zero-order valence-corrected chi connectivity index (χ0v) is 34.6. The smallest absolute Gasteiger partial charge is 0.0780 e. The van der Waals surface area contributed by atoms with Gasteiger partial charge in [0.25, 0.3) is 0 Å². The number of fused-ring (bicyclic) bond motifs is 11. The Labute approximate surface area is 360 Å². The molecule has 1 N–H and O–H groups in total. The molecule has 8 aromatic carbocycles. The molecule has 0 fully saturated rings. The van der Waals surface area contributed by atoms with Crippen molar-refractivity contribution in [1.82, 2.24) is 14.1 Å². The maximum Gasteiger partial charge on any atom is 0.0780 e. The molecule has 0 amide bonds. The van der Waals surface area contributed by atoms with E-state index in [1.807, 2.05) is 36.5 Å². The van der Waals surface area contributed by atoms with Gasteiger partial charge in [-0.15, -0.1) is 0 Å². The molecule has 0 saturated heterocycles. The molecule has 3 aromatic heterocycles. The monoisotopic (exact) mass is 794 g/mol. The Bertz CT molecular complexity index is 3640. The first-order valence-corrected chi connectivity index (χ1v) is 21.5. The standard InChI is InChI=1S/C58H42N4/c1-4-37-15-11-13-21-43(37)56(59)39-23-27-53-49(31-39)46-26-25-45-48-34-54-51(33-47(48)35(2)36(3)55(45)58(46)62(53)42-19-9-6-10-20-42)50-32-40(57-44-22-14-12-16-38(44)29-30-60-57)24-28-52(50)61(54)41-17-7-5-8-18-41/h4-36,59H,1H2,2-3H3. The van der Waals surface area contributed by atoms with Gasteiger partial charge in [0, 0.05) is 61.2 Å². The normalized spacial score (nSPS) is 14.7. The van der Waals surface area contributed by atoms with Crippen LogP contribution >= 0.6 is 0 Å². The zero-order chi connectivity index (χ0) is 41.6. The minimum Gasteiger partial charge on any atom is -0.309 e. The van der Waals surface area contributed by atoms with E-state index in [0.717, 1.165) is 55.6 Å². The predicted octanol–water partition coefficient (Wildman–Crippen LogP) is 15.0. The van der Waals surface area contributed by atoms with Crippen LogP contribution in [0.5, 0.6) is 0 Å². The van der Waals surface area contributed by atoms with Crippen LogP contribution in [0.25, 0.3) is 94.2 Å². The molecule has 2 atom stereocenters. The van der Waals surface area contributed by atoms with E-state index in [1.165, 1.54) is 60.3 Å². The van der Waals surface area contributed by atoms with Crippen LogP contribution in [-0.4, -0.2) is 19.8 Å². The lowest BCUT2D eigenvalue weighted by atomic mass is 9.72. The molecular formula is C58H42N4. The summed E-state index contributed by atoms with van der Waals surface area (Å²) in [6, 6.07) is 63.3. The van der Waals surface area contributed by atoms with Gasteiger partial charge in [-0.1, -0.05) is 136 Å². The van der Waals surface area contributed by atoms with E-state index in [1.54, 1.807) is 0 Å². The number of hydrogen-bond donors (Lipinski definition) is 1. The third-order valence-electron chi connectivity index (χ3n) is 13.6. The molecule has 12 rings (SSSR count). The molecule has 0 radical (unpaired) electrons. The van der Waals surface area contributed by atoms with E-state index >= 15 is 0 Å². The Morgan fingerprint density at radius 1 is 0.565 bits per heavy atom. The van der Waals surface area contributed by atoms with E-state index in [2.05, 4.69) is 181 Å². The third kappa shape index (κ3) is 5.26. The summed E-state index contributed by atoms with van der Waals surface area (Å²) in [5.74, 6) is 0.465. The van der Waals surface area contributed by atoms with Crippen LogP contribution in [-0.2, 0) is 0 Å². The van der Waals surface area contributed by atoms with E-state index < -0.39 is 0 Å². The summed E-state index contributed by atoms with van der Waals surface area (Å²) in [7, 11) is 0. The zero-order valence-electron chi connectivity index (χ0n) is 34.6. The van der Waals surface area contributed by atoms with Crippen LogP contribution in [0.1, 0.15) is 53.5 Å². The molecule has 0 aliphatic heterocycles. The summed E-state index contributed by atoms with van der Waals surface area (Å²) < 4.78 is 4.90. The highest BCUT2D eigenvalue weighted by molar-refractivity contribution is 6.19. The van der Waals surface area contributed by atoms with Crippen LogP contribution in [0, 0.1) is 5.41 Å². The van der Waals surface area contributed by atoms with Gasteiger partial charge in [-0.2, -0.15) is 0 Å². The molecular weight excluding hydrogens is 753 g/mol. The summed E-state index contributed by atoms with van der Waals surface area (Å²) in [4.78, 5) is 4.93. The molecule has 3 heterocycles. The van der Waals surface area contributed by atoms with E-state index in [4.69, 9.17) is 4.98 Å². The Morgan fingerprint density at radius 2 is 1.24 bits per heavy atom. The Hall–Kier alpha value is -7.82. The number of benzene rings is 8. The molecule has 294 valence electrons. The van der Waals surface area contributed by atoms with Gasteiger partial charge >= 0.3 is 0 Å². The van der Waals surface area contributed by atoms with E-state index in [0.29, 0.717) is 5.71 Å². The summed E-state index contributed by atoms with van der Waals surface area (Å²) in [5, 5.41) is 16.5. The number of aromatic nitrogens is 3. The molecule has 1 aliphatic carbocycles. The summed E-state index contributed by atoms with van der Waals surface area (Å²) in [6.45, 7) is 8.85. The van der Waals surface area contributed by atoms with Crippen molar-refractivity contribution in [2.75, 3.05) is 0 Å². The van der Waals surface area contributed by atoms with Crippen molar-refractivity contribution >= 4 is 66.2 Å². The van der Waals surface area contributed by atoms with Crippen molar-refractivity contribution in [3.63, 3.8) is 0 Å². The first-order valence-electron chi connectivity index (χ1n) is 21.5. The average Bonchev–Trinajstić information content (AvgIpc) is 3.84. The highest BCUT2D eigenvalue weighted by Gasteiger charge is 2.33. The lowest BCUT2D eigenvalue weighted by Gasteiger charge is -2.33. The molecule has 4 heteroatoms. The van der Waals surface area contributed by atoms with Crippen molar-refractivity contribution in [3.8, 4) is 33.8 Å². The summed E-state index contributed by atoms with van der Waals surface area (Å²) >= 11 is 0. The minimum atomic E-state index is 0.223. The van der Waals surface area contributed by atoms with Gasteiger partial charge in [0.15, 0.2) is 0 Å². The van der Waals surface area contributed by atoms with Crippen LogP contribution in [0.3, 0.4) is 0 Å². The van der Waals surface area contributed by atoms with E-state index in [9.17, 15) is 5.41 Å². The van der Waals surface area contributed by atoms with Crippen LogP contribution in [0.4, 0.5) is 0 Å². The average molecular weight is 795 g/mol. The van der Waals surface area contributed by atoms with Gasteiger partial charge in [-0.3, -0.25) is 10.4 Å². The molecule has 0 saturated carbocycles. The Morgan fingerprint density at radius 3 is 2.05 bits per heavy atom. The second kappa shape index (κ2) is 13.9. The second-order valence-corrected chi connectivity index (χ2v) is 16.8. The number of pyridine rings is 1. The number of hydrogen-bond acceptors (Lipinski definition) is 2. The van der Waals surface area contributed by atoms with Crippen LogP contribution in [0.15, 0.2) is 189 Å². The maximum atomic E-state index is 9.37. The summed E-state index contributed by atoms with van der Waals surface area (Å²) in [6.07, 6.45) is 3.76. The Kier molecular flexibility index (Phi) is 8.07. The van der Waals surface area contributed by atoms with Gasteiger partial charge in [-0.05, 0) is 112 Å². The third-order valence-corrected chi connectivity index (χ3v) is 13.6. The molecule has 2 unspecified atom stereocenters. The molecule has 1 aliphatic rings. The van der Waals surface area contributed by atoms with Gasteiger partial charge in [-0.25, -0.2) is 0 Å².